The van der Waals surface area contributed by atoms with E-state index in [9.17, 15) is 13.2 Å². The maximum atomic E-state index is 14.4. The van der Waals surface area contributed by atoms with Crippen molar-refractivity contribution < 1.29 is 17.9 Å². The van der Waals surface area contributed by atoms with Crippen LogP contribution >= 0.6 is 11.6 Å². The van der Waals surface area contributed by atoms with Crippen molar-refractivity contribution in [3.8, 4) is 50.8 Å². The molecule has 1 saturated carbocycles. The van der Waals surface area contributed by atoms with E-state index in [0.29, 0.717) is 72.2 Å². The molecule has 0 unspecified atom stereocenters. The van der Waals surface area contributed by atoms with Gasteiger partial charge in [0.2, 0.25) is 22.6 Å². The number of rotatable bonds is 13. The normalized spacial score (nSPS) is 18.0. The number of piperidine rings is 4. The molecular weight excluding hydrogens is 1440 g/mol. The number of aromatic nitrogens is 18. The fourth-order valence-corrected chi connectivity index (χ4v) is 17.4. The van der Waals surface area contributed by atoms with Gasteiger partial charge in [0, 0.05) is 123 Å². The largest absolute Gasteiger partial charge is 0.435 e. The summed E-state index contributed by atoms with van der Waals surface area (Å²) < 4.78 is 47.6. The van der Waals surface area contributed by atoms with Gasteiger partial charge in [0.25, 0.3) is 0 Å². The molecule has 19 rings (SSSR count). The highest BCUT2D eigenvalue weighted by Crippen LogP contribution is 2.51. The molecule has 0 bridgehead atoms. The summed E-state index contributed by atoms with van der Waals surface area (Å²) >= 11 is 5.92. The van der Waals surface area contributed by atoms with Crippen molar-refractivity contribution in [1.29, 1.82) is 0 Å². The molecule has 4 aromatic carbocycles. The van der Waals surface area contributed by atoms with Gasteiger partial charge in [-0.1, -0.05) is 129 Å². The Bertz CT molecular complexity index is 5650. The van der Waals surface area contributed by atoms with E-state index in [-0.39, 0.29) is 10.8 Å². The van der Waals surface area contributed by atoms with Crippen molar-refractivity contribution in [3.05, 3.63) is 139 Å². The molecule has 5 fully saturated rings. The Hall–Kier alpha value is -10.8. The van der Waals surface area contributed by atoms with E-state index in [1.807, 2.05) is 12.4 Å². The summed E-state index contributed by atoms with van der Waals surface area (Å²) in [6.07, 6.45) is 28.8. The third kappa shape index (κ3) is 14.9. The summed E-state index contributed by atoms with van der Waals surface area (Å²) in [4.78, 5) is 46.9. The minimum absolute atomic E-state index is 0.0771. The molecule has 27 heteroatoms. The zero-order valence-electron chi connectivity index (χ0n) is 65.3. The number of hydrogen-bond donors (Lipinski definition) is 4. The number of ether oxygens (including phenoxy) is 1. The molecular formula is C85H98ClF3N22O. The Balaban J connectivity index is 0.000000113. The number of para-hydroxylation sites is 1. The Kier molecular flexibility index (Phi) is 20.9. The Labute approximate surface area is 654 Å². The maximum Gasteiger partial charge on any atom is 0.387 e. The number of anilines is 4. The lowest BCUT2D eigenvalue weighted by atomic mass is 9.71. The maximum absolute atomic E-state index is 14.4. The second-order valence-corrected chi connectivity index (χ2v) is 32.8. The molecule has 582 valence electrons. The molecule has 0 radical (unpaired) electrons. The standard InChI is InChI=1S/2C22H26N6.C21H23ClFN5.C20H23F2N5O/c1-4-22(2)9-12-28(13-10-22)18-14-23-20-19(25-26-21(20)24-18)16-6-5-7-17-15(16)8-11-27(17)3;1-4-22(2)9-11-28(12-10-22)18-13-23-20-19(25-26-21(20)24-18)16-14-27(3)17-8-6-5-7-15(16)17;1-13-4-3-7-21(13)8-10-28(11-9-21)16-12-24-19-18(26-27-20(19)25-16)14-5-2-6-15(22)17(14)23;1-3-20(2)8-10-27(11-9-20)15-12-23-17-16(25-26-18(17)24-15)13-4-6-14(7-5-13)28-19(21)22/h5-8,11,14H,4,9-10,12-13H2,1-3H3,(H,24,25,26);5-8,13-14H,4,9-12H2,1-3H3,(H,24,25,26);2,5-6,12-13H,3-4,7-11H2,1H3,(H,25,26,27);4-7,12,19H,3,8-11H2,1-2H3,(H,24,25,26)/t;;13-;/m..1./s1. The number of aromatic amines is 4. The zero-order chi connectivity index (χ0) is 77.6. The quantitative estimate of drug-likeness (QED) is 0.0837. The number of fused-ring (bicyclic) bond motifs is 6. The summed E-state index contributed by atoms with van der Waals surface area (Å²) in [5.74, 6) is 4.00. The molecule has 1 atom stereocenters. The lowest BCUT2D eigenvalue weighted by Gasteiger charge is -2.42. The monoisotopic (exact) mass is 1530 g/mol. The molecule has 23 nitrogen and oxygen atoms in total. The molecule has 10 aromatic heterocycles. The molecule has 14 heterocycles. The molecule has 0 amide bonds. The van der Waals surface area contributed by atoms with Crippen molar-refractivity contribution in [2.75, 3.05) is 72.0 Å². The van der Waals surface area contributed by atoms with E-state index in [2.05, 4.69) is 213 Å². The fraction of sp³-hybridized carbons (Fsp3) is 0.435. The molecule has 112 heavy (non-hydrogen) atoms. The lowest BCUT2D eigenvalue weighted by Crippen LogP contribution is -2.41. The number of nitrogens with one attached hydrogen (secondary N) is 4. The smallest absolute Gasteiger partial charge is 0.387 e. The summed E-state index contributed by atoms with van der Waals surface area (Å²) in [6, 6.07) is 28.1. The Morgan fingerprint density at radius 1 is 0.473 bits per heavy atom. The lowest BCUT2D eigenvalue weighted by molar-refractivity contribution is -0.0498. The second kappa shape index (κ2) is 31.1. The first-order valence-corrected chi connectivity index (χ1v) is 40.0. The predicted octanol–water partition coefficient (Wildman–Crippen LogP) is 18.9. The topological polar surface area (TPSA) is 250 Å². The van der Waals surface area contributed by atoms with Crippen molar-refractivity contribution in [2.45, 2.75) is 145 Å². The fourth-order valence-electron chi connectivity index (χ4n) is 17.2. The van der Waals surface area contributed by atoms with Gasteiger partial charge in [-0.15, -0.1) is 0 Å². The Morgan fingerprint density at radius 2 is 0.875 bits per heavy atom. The third-order valence-electron chi connectivity index (χ3n) is 25.8. The first-order chi connectivity index (χ1) is 54.2. The van der Waals surface area contributed by atoms with Crippen LogP contribution < -0.4 is 24.3 Å². The van der Waals surface area contributed by atoms with Gasteiger partial charge in [0.1, 0.15) is 51.1 Å². The van der Waals surface area contributed by atoms with E-state index >= 15 is 0 Å². The SMILES string of the molecule is CCC1(C)CCN(c2cnc3c(-c4ccc(OC(F)F)cc4)[nH]nc3n2)CC1.CCC1(C)CCN(c2cnc3c(-c4cccc5c4ccn5C)[nH]nc3n2)CC1.CCC1(C)CCN(c2cnc3c(-c4cn(C)c5ccccc45)[nH]nc3n2)CC1.C[C@@H]1CCCC12CCN(c1cnc3c(-c4cccc(Cl)c4F)[nH]nc3n1)CC2. The number of hydrogen-bond acceptors (Lipinski definition) is 17. The van der Waals surface area contributed by atoms with Crippen LogP contribution in [-0.4, -0.2) is 149 Å². The van der Waals surface area contributed by atoms with Gasteiger partial charge in [-0.05, 0) is 140 Å². The Morgan fingerprint density at radius 3 is 1.34 bits per heavy atom. The molecule has 5 aliphatic rings. The van der Waals surface area contributed by atoms with Gasteiger partial charge in [-0.2, -0.15) is 29.2 Å². The van der Waals surface area contributed by atoms with E-state index in [1.54, 1.807) is 36.7 Å². The number of halogens is 4. The number of nitrogens with zero attached hydrogens (tertiary/aromatic N) is 18. The van der Waals surface area contributed by atoms with Gasteiger partial charge in [0.15, 0.2) is 5.82 Å². The van der Waals surface area contributed by atoms with Crippen LogP contribution in [0.5, 0.6) is 5.75 Å². The third-order valence-corrected chi connectivity index (χ3v) is 26.1. The van der Waals surface area contributed by atoms with Gasteiger partial charge < -0.3 is 33.5 Å². The van der Waals surface area contributed by atoms with Crippen molar-refractivity contribution in [2.24, 2.45) is 41.7 Å². The van der Waals surface area contributed by atoms with E-state index in [1.165, 1.54) is 117 Å². The van der Waals surface area contributed by atoms with E-state index in [4.69, 9.17) is 36.5 Å². The van der Waals surface area contributed by atoms with Crippen LogP contribution in [0.1, 0.15) is 138 Å². The molecule has 1 aliphatic carbocycles. The number of H-pyrrole nitrogens is 4. The van der Waals surface area contributed by atoms with Crippen LogP contribution in [0.3, 0.4) is 0 Å². The minimum atomic E-state index is -2.84. The van der Waals surface area contributed by atoms with Gasteiger partial charge in [0.05, 0.1) is 52.6 Å². The van der Waals surface area contributed by atoms with Gasteiger partial charge in [-0.3, -0.25) is 20.4 Å². The summed E-state index contributed by atoms with van der Waals surface area (Å²) in [5.41, 5.74) is 16.0. The second-order valence-electron chi connectivity index (χ2n) is 32.4. The minimum Gasteiger partial charge on any atom is -0.435 e. The molecule has 1 spiro atoms. The summed E-state index contributed by atoms with van der Waals surface area (Å²) in [6.45, 7) is 21.6. The van der Waals surface area contributed by atoms with E-state index < -0.39 is 12.4 Å². The first kappa shape index (κ1) is 75.3. The van der Waals surface area contributed by atoms with Crippen molar-refractivity contribution >= 4 is 101 Å². The molecule has 4 aliphatic heterocycles. The predicted molar refractivity (Wildman–Crippen MR) is 439 cm³/mol. The first-order valence-electron chi connectivity index (χ1n) is 39.6. The zero-order valence-corrected chi connectivity index (χ0v) is 66.1. The number of aryl methyl sites for hydroxylation is 2. The average Bonchev–Trinajstić information content (AvgIpc) is 1.60. The van der Waals surface area contributed by atoms with Crippen LogP contribution in [0.25, 0.3) is 111 Å². The van der Waals surface area contributed by atoms with Crippen LogP contribution in [0.2, 0.25) is 5.02 Å². The summed E-state index contributed by atoms with van der Waals surface area (Å²) in [5, 5.41) is 32.2. The average molecular weight is 1540 g/mol. The number of benzene rings is 4. The summed E-state index contributed by atoms with van der Waals surface area (Å²) in [7, 11) is 4.12. The molecule has 4 N–H and O–H groups in total. The number of alkyl halides is 2. The highest BCUT2D eigenvalue weighted by atomic mass is 35.5. The highest BCUT2D eigenvalue weighted by molar-refractivity contribution is 6.31. The van der Waals surface area contributed by atoms with Crippen LogP contribution in [-0.2, 0) is 14.1 Å². The molecule has 14 aromatic rings. The van der Waals surface area contributed by atoms with E-state index in [0.717, 1.165) is 134 Å². The van der Waals surface area contributed by atoms with Crippen LogP contribution in [0.4, 0.5) is 36.4 Å². The van der Waals surface area contributed by atoms with Crippen molar-refractivity contribution in [3.63, 3.8) is 0 Å². The highest BCUT2D eigenvalue weighted by Gasteiger charge is 2.43. The van der Waals surface area contributed by atoms with Crippen molar-refractivity contribution in [1.82, 2.24) is 89.8 Å². The van der Waals surface area contributed by atoms with Crippen LogP contribution in [0.15, 0.2) is 128 Å². The van der Waals surface area contributed by atoms with Gasteiger partial charge in [-0.25, -0.2) is 44.3 Å². The molecule has 4 saturated heterocycles. The van der Waals surface area contributed by atoms with Gasteiger partial charge >= 0.3 is 6.61 Å². The van der Waals surface area contributed by atoms with Crippen LogP contribution in [0, 0.1) is 33.4 Å².